The van der Waals surface area contributed by atoms with E-state index in [1.807, 2.05) is 60.8 Å². The van der Waals surface area contributed by atoms with E-state index in [-0.39, 0.29) is 24.5 Å². The fraction of sp³-hybridized carbons (Fsp3) is 0.333. The number of hydrogen-bond acceptors (Lipinski definition) is 4. The van der Waals surface area contributed by atoms with Gasteiger partial charge in [-0.2, -0.15) is 0 Å². The molecule has 3 saturated heterocycles. The molecule has 5 atom stereocenters. The molecule has 0 radical (unpaired) electrons. The number of carbonyl (C=O) groups is 1. The average molecular weight is 413 g/mol. The highest BCUT2D eigenvalue weighted by molar-refractivity contribution is 5.83. The number of carbonyl (C=O) groups excluding carboxylic acids is 1. The van der Waals surface area contributed by atoms with Crippen molar-refractivity contribution in [1.29, 1.82) is 0 Å². The van der Waals surface area contributed by atoms with Crippen LogP contribution in [0, 0.1) is 11.8 Å². The predicted molar refractivity (Wildman–Crippen MR) is 122 cm³/mol. The van der Waals surface area contributed by atoms with Crippen molar-refractivity contribution in [3.63, 3.8) is 0 Å². The lowest BCUT2D eigenvalue weighted by Gasteiger charge is -2.51. The molecule has 158 valence electrons. The molecule has 3 aromatic rings. The average Bonchev–Trinajstić information content (AvgIpc) is 2.83. The summed E-state index contributed by atoms with van der Waals surface area (Å²) >= 11 is 0. The van der Waals surface area contributed by atoms with Gasteiger partial charge in [0.05, 0.1) is 18.0 Å². The molecule has 31 heavy (non-hydrogen) atoms. The minimum absolute atomic E-state index is 0.181. The highest BCUT2D eigenvalue weighted by Crippen LogP contribution is 2.43. The Labute approximate surface area is 183 Å². The van der Waals surface area contributed by atoms with Crippen molar-refractivity contribution in [1.82, 2.24) is 9.88 Å². The van der Waals surface area contributed by atoms with Gasteiger partial charge in [0.15, 0.2) is 0 Å². The number of nitrogens with zero attached hydrogens (tertiary/aromatic N) is 2. The maximum absolute atomic E-state index is 13.0. The van der Waals surface area contributed by atoms with Crippen LogP contribution in [-0.4, -0.2) is 35.0 Å². The number of ether oxygens (including phenoxy) is 1. The molecule has 0 aliphatic carbocycles. The van der Waals surface area contributed by atoms with Crippen molar-refractivity contribution in [3.05, 3.63) is 90.6 Å². The Kier molecular flexibility index (Phi) is 5.56. The molecule has 0 N–H and O–H groups in total. The highest BCUT2D eigenvalue weighted by Gasteiger charge is 2.44. The number of piperidine rings is 3. The van der Waals surface area contributed by atoms with Gasteiger partial charge in [-0.15, -0.1) is 6.58 Å². The fourth-order valence-corrected chi connectivity index (χ4v) is 5.35. The van der Waals surface area contributed by atoms with Crippen LogP contribution in [0.2, 0.25) is 0 Å². The van der Waals surface area contributed by atoms with Crippen LogP contribution < -0.4 is 0 Å². The third-order valence-corrected chi connectivity index (χ3v) is 6.94. The molecule has 2 bridgehead atoms. The second-order valence-corrected chi connectivity index (χ2v) is 8.74. The van der Waals surface area contributed by atoms with Gasteiger partial charge in [-0.25, -0.2) is 0 Å². The normalized spacial score (nSPS) is 25.8. The summed E-state index contributed by atoms with van der Waals surface area (Å²) in [5, 5.41) is 1.06. The summed E-state index contributed by atoms with van der Waals surface area (Å²) in [5.74, 6) is 0.954. The Hall–Kier alpha value is -2.98. The molecule has 6 rings (SSSR count). The van der Waals surface area contributed by atoms with Crippen molar-refractivity contribution in [2.45, 2.75) is 31.4 Å². The maximum atomic E-state index is 13.0. The van der Waals surface area contributed by atoms with Gasteiger partial charge in [-0.1, -0.05) is 54.6 Å². The molecule has 3 fully saturated rings. The Morgan fingerprint density at radius 3 is 2.74 bits per heavy atom. The minimum Gasteiger partial charge on any atom is -0.456 e. The van der Waals surface area contributed by atoms with Crippen LogP contribution in [0.4, 0.5) is 0 Å². The first-order chi connectivity index (χ1) is 15.2. The second kappa shape index (κ2) is 8.64. The first kappa shape index (κ1) is 20.0. The molecule has 4 unspecified atom stereocenters. The number of benzene rings is 2. The van der Waals surface area contributed by atoms with Crippen molar-refractivity contribution in [3.8, 4) is 0 Å². The first-order valence-corrected chi connectivity index (χ1v) is 11.2. The van der Waals surface area contributed by atoms with Crippen molar-refractivity contribution in [2.75, 3.05) is 13.1 Å². The minimum atomic E-state index is -0.308. The number of fused-ring (bicyclic) bond motifs is 4. The third kappa shape index (κ3) is 4.00. The molecular weight excluding hydrogens is 384 g/mol. The number of para-hydroxylation sites is 1. The Morgan fingerprint density at radius 2 is 1.97 bits per heavy atom. The van der Waals surface area contributed by atoms with Gasteiger partial charge in [-0.3, -0.25) is 14.7 Å². The zero-order chi connectivity index (χ0) is 21.2. The number of pyridine rings is 1. The zero-order valence-corrected chi connectivity index (χ0v) is 17.7. The van der Waals surface area contributed by atoms with Gasteiger partial charge < -0.3 is 4.74 Å². The van der Waals surface area contributed by atoms with E-state index in [0.29, 0.717) is 11.8 Å². The number of esters is 1. The molecule has 4 heterocycles. The smallest absolute Gasteiger partial charge is 0.310 e. The monoisotopic (exact) mass is 412 g/mol. The van der Waals surface area contributed by atoms with Crippen molar-refractivity contribution in [2.24, 2.45) is 11.8 Å². The molecule has 4 heteroatoms. The van der Waals surface area contributed by atoms with Crippen molar-refractivity contribution >= 4 is 16.9 Å². The predicted octanol–water partition coefficient (Wildman–Crippen LogP) is 4.96. The fourth-order valence-electron chi connectivity index (χ4n) is 5.35. The van der Waals surface area contributed by atoms with Crippen LogP contribution in [0.3, 0.4) is 0 Å². The Balaban J connectivity index is 1.48. The summed E-state index contributed by atoms with van der Waals surface area (Å²) in [5.41, 5.74) is 2.96. The SMILES string of the molecule is C=CC1CN2CC[C@@H]1CC2C(OC(=O)Cc1ccccc1)c1ccnc2ccccc12. The van der Waals surface area contributed by atoms with Gasteiger partial charge in [0.2, 0.25) is 0 Å². The van der Waals surface area contributed by atoms with E-state index in [1.165, 1.54) is 6.42 Å². The quantitative estimate of drug-likeness (QED) is 0.424. The van der Waals surface area contributed by atoms with Gasteiger partial charge in [0.25, 0.3) is 0 Å². The molecule has 3 aliphatic heterocycles. The van der Waals surface area contributed by atoms with E-state index in [4.69, 9.17) is 4.74 Å². The summed E-state index contributed by atoms with van der Waals surface area (Å²) in [4.78, 5) is 20.1. The van der Waals surface area contributed by atoms with Crippen LogP contribution in [0.5, 0.6) is 0 Å². The second-order valence-electron chi connectivity index (χ2n) is 8.74. The van der Waals surface area contributed by atoms with Crippen LogP contribution >= 0.6 is 0 Å². The molecule has 3 aliphatic rings. The van der Waals surface area contributed by atoms with Gasteiger partial charge in [-0.05, 0) is 48.9 Å². The van der Waals surface area contributed by atoms with Gasteiger partial charge >= 0.3 is 5.97 Å². The Bertz CT molecular complexity index is 1080. The molecule has 0 amide bonds. The number of hydrogen-bond donors (Lipinski definition) is 0. The van der Waals surface area contributed by atoms with Gasteiger partial charge in [0, 0.05) is 23.7 Å². The molecule has 4 nitrogen and oxygen atoms in total. The summed E-state index contributed by atoms with van der Waals surface area (Å²) < 4.78 is 6.28. The van der Waals surface area contributed by atoms with E-state index in [1.54, 1.807) is 0 Å². The Morgan fingerprint density at radius 1 is 1.16 bits per heavy atom. The maximum Gasteiger partial charge on any atom is 0.310 e. The largest absolute Gasteiger partial charge is 0.456 e. The highest BCUT2D eigenvalue weighted by atomic mass is 16.5. The van der Waals surface area contributed by atoms with E-state index >= 15 is 0 Å². The van der Waals surface area contributed by atoms with Crippen LogP contribution in [0.25, 0.3) is 10.9 Å². The molecular formula is C27H28N2O2. The zero-order valence-electron chi connectivity index (χ0n) is 17.7. The van der Waals surface area contributed by atoms with E-state index < -0.39 is 0 Å². The van der Waals surface area contributed by atoms with E-state index in [2.05, 4.69) is 28.6 Å². The summed E-state index contributed by atoms with van der Waals surface area (Å²) in [7, 11) is 0. The van der Waals surface area contributed by atoms with E-state index in [0.717, 1.165) is 41.5 Å². The third-order valence-electron chi connectivity index (χ3n) is 6.94. The van der Waals surface area contributed by atoms with Gasteiger partial charge in [0.1, 0.15) is 6.10 Å². The lowest BCUT2D eigenvalue weighted by molar-refractivity contribution is -0.156. The van der Waals surface area contributed by atoms with Crippen molar-refractivity contribution < 1.29 is 9.53 Å². The topological polar surface area (TPSA) is 42.4 Å². The summed E-state index contributed by atoms with van der Waals surface area (Å²) in [6, 6.07) is 20.1. The summed E-state index contributed by atoms with van der Waals surface area (Å²) in [6.45, 7) is 6.09. The van der Waals surface area contributed by atoms with Crippen LogP contribution in [0.1, 0.15) is 30.1 Å². The lowest BCUT2D eigenvalue weighted by atomic mass is 9.73. The number of rotatable bonds is 6. The van der Waals surface area contributed by atoms with Crippen LogP contribution in [0.15, 0.2) is 79.5 Å². The lowest BCUT2D eigenvalue weighted by Crippen LogP contribution is -2.55. The molecule has 1 aromatic heterocycles. The number of aromatic nitrogens is 1. The standard InChI is InChI=1S/C27H28N2O2/c1-2-20-18-29-15-13-21(20)17-25(29)27(31-26(30)16-19-8-4-3-5-9-19)23-12-14-28-24-11-7-6-10-22(23)24/h2-12,14,20-21,25,27H,1,13,15-18H2/t20?,21-,25?,27?/m1/s1. The molecule has 2 aromatic carbocycles. The molecule has 0 spiro atoms. The van der Waals surface area contributed by atoms with Crippen LogP contribution in [-0.2, 0) is 16.0 Å². The molecule has 0 saturated carbocycles. The summed E-state index contributed by atoms with van der Waals surface area (Å²) in [6.07, 6.45) is 6.12. The van der Waals surface area contributed by atoms with E-state index in [9.17, 15) is 4.79 Å². The first-order valence-electron chi connectivity index (χ1n) is 11.2.